The minimum absolute atomic E-state index is 0.792. The highest BCUT2D eigenvalue weighted by atomic mass is 79.9. The van der Waals surface area contributed by atoms with Gasteiger partial charge in [0.25, 0.3) is 0 Å². The van der Waals surface area contributed by atoms with Gasteiger partial charge in [-0.15, -0.1) is 0 Å². The smallest absolute Gasteiger partial charge is 0.0926 e. The van der Waals surface area contributed by atoms with E-state index in [1.807, 2.05) is 23.9 Å². The minimum atomic E-state index is 0.792. The average molecular weight is 283 g/mol. The summed E-state index contributed by atoms with van der Waals surface area (Å²) in [7, 11) is 3.73. The molecule has 0 saturated heterocycles. The van der Waals surface area contributed by atoms with Gasteiger partial charge in [0.05, 0.1) is 5.52 Å². The average Bonchev–Trinajstić information content (AvgIpc) is 2.56. The van der Waals surface area contributed by atoms with Gasteiger partial charge >= 0.3 is 0 Å². The Hall–Kier alpha value is -0.870. The number of ether oxygens (including phenoxy) is 1. The van der Waals surface area contributed by atoms with Gasteiger partial charge in [0, 0.05) is 36.3 Å². The van der Waals surface area contributed by atoms with Crippen molar-refractivity contribution in [3.8, 4) is 0 Å². The monoisotopic (exact) mass is 282 g/mol. The summed E-state index contributed by atoms with van der Waals surface area (Å²) >= 11 is 3.50. The number of halogens is 1. The summed E-state index contributed by atoms with van der Waals surface area (Å²) in [6, 6.07) is 6.19. The number of fused-ring (bicyclic) bond motifs is 1. The molecule has 0 aliphatic heterocycles. The third-order valence-corrected chi connectivity index (χ3v) is 3.17. The highest BCUT2D eigenvalue weighted by molar-refractivity contribution is 9.10. The molecule has 1 aromatic carbocycles. The highest BCUT2D eigenvalue weighted by Gasteiger charge is 2.08. The number of rotatable bonds is 4. The predicted molar refractivity (Wildman–Crippen MR) is 68.6 cm³/mol. The molecule has 4 heteroatoms. The molecular weight excluding hydrogens is 268 g/mol. The van der Waals surface area contributed by atoms with Crippen molar-refractivity contribution in [2.75, 3.05) is 13.7 Å². The number of hydrogen-bond donors (Lipinski definition) is 0. The molecule has 0 N–H and O–H groups in total. The van der Waals surface area contributed by atoms with Gasteiger partial charge in [-0.05, 0) is 31.0 Å². The molecule has 0 aliphatic rings. The van der Waals surface area contributed by atoms with Crippen molar-refractivity contribution in [2.24, 2.45) is 7.05 Å². The molecule has 0 aliphatic carbocycles. The molecule has 0 bridgehead atoms. The second kappa shape index (κ2) is 4.97. The Morgan fingerprint density at radius 2 is 2.25 bits per heavy atom. The van der Waals surface area contributed by atoms with Crippen LogP contribution in [0.5, 0.6) is 0 Å². The summed E-state index contributed by atoms with van der Waals surface area (Å²) in [6.45, 7) is 0.792. The quantitative estimate of drug-likeness (QED) is 0.807. The van der Waals surface area contributed by atoms with E-state index < -0.39 is 0 Å². The van der Waals surface area contributed by atoms with E-state index in [9.17, 15) is 0 Å². The lowest BCUT2D eigenvalue weighted by Crippen LogP contribution is -2.00. The van der Waals surface area contributed by atoms with E-state index in [1.165, 1.54) is 11.1 Å². The number of aromatic nitrogens is 2. The van der Waals surface area contributed by atoms with Gasteiger partial charge in [-0.2, -0.15) is 5.10 Å². The first-order valence-corrected chi connectivity index (χ1v) is 6.11. The largest absolute Gasteiger partial charge is 0.385 e. The van der Waals surface area contributed by atoms with E-state index in [-0.39, 0.29) is 0 Å². The number of methoxy groups -OCH3 is 1. The Morgan fingerprint density at radius 3 is 3.00 bits per heavy atom. The van der Waals surface area contributed by atoms with Crippen LogP contribution in [0.25, 0.3) is 10.9 Å². The number of nitrogens with zero attached hydrogens (tertiary/aromatic N) is 2. The van der Waals surface area contributed by atoms with Gasteiger partial charge in [0.1, 0.15) is 0 Å². The van der Waals surface area contributed by atoms with Crippen molar-refractivity contribution in [3.05, 3.63) is 28.4 Å². The zero-order valence-corrected chi connectivity index (χ0v) is 11.1. The Morgan fingerprint density at radius 1 is 1.44 bits per heavy atom. The predicted octanol–water partition coefficient (Wildman–Crippen LogP) is 2.91. The molecule has 0 atom stereocenters. The van der Waals surface area contributed by atoms with Crippen molar-refractivity contribution in [3.63, 3.8) is 0 Å². The van der Waals surface area contributed by atoms with E-state index in [0.29, 0.717) is 0 Å². The lowest BCUT2D eigenvalue weighted by molar-refractivity contribution is 0.194. The van der Waals surface area contributed by atoms with Crippen LogP contribution in [0.3, 0.4) is 0 Å². The first kappa shape index (κ1) is 11.6. The topological polar surface area (TPSA) is 27.1 Å². The maximum Gasteiger partial charge on any atom is 0.0926 e. The normalized spacial score (nSPS) is 11.2. The summed E-state index contributed by atoms with van der Waals surface area (Å²) in [5.41, 5.74) is 2.33. The minimum Gasteiger partial charge on any atom is -0.385 e. The second-order valence-corrected chi connectivity index (χ2v) is 4.74. The van der Waals surface area contributed by atoms with Crippen molar-refractivity contribution < 1.29 is 4.74 Å². The van der Waals surface area contributed by atoms with Crippen LogP contribution in [0.4, 0.5) is 0 Å². The molecule has 1 heterocycles. The van der Waals surface area contributed by atoms with E-state index in [0.717, 1.165) is 29.4 Å². The third-order valence-electron chi connectivity index (χ3n) is 2.68. The van der Waals surface area contributed by atoms with Gasteiger partial charge in [-0.1, -0.05) is 15.9 Å². The first-order chi connectivity index (χ1) is 7.72. The molecule has 0 unspecified atom stereocenters. The number of aryl methyl sites for hydroxylation is 2. The molecular formula is C12H15BrN2O. The number of hydrogen-bond acceptors (Lipinski definition) is 2. The fourth-order valence-electron chi connectivity index (χ4n) is 1.90. The van der Waals surface area contributed by atoms with Crippen LogP contribution >= 0.6 is 15.9 Å². The summed E-state index contributed by atoms with van der Waals surface area (Å²) in [5.74, 6) is 0. The Kier molecular flexibility index (Phi) is 3.61. The molecule has 0 saturated carbocycles. The zero-order chi connectivity index (χ0) is 11.5. The SMILES string of the molecule is COCCCc1c2cc(Br)ccc2nn1C. The lowest BCUT2D eigenvalue weighted by atomic mass is 10.1. The Balaban J connectivity index is 2.34. The van der Waals surface area contributed by atoms with Crippen LogP contribution < -0.4 is 0 Å². The Bertz CT molecular complexity index is 493. The lowest BCUT2D eigenvalue weighted by Gasteiger charge is -2.02. The van der Waals surface area contributed by atoms with Crippen molar-refractivity contribution in [1.82, 2.24) is 9.78 Å². The molecule has 3 nitrogen and oxygen atoms in total. The number of benzene rings is 1. The molecule has 0 radical (unpaired) electrons. The van der Waals surface area contributed by atoms with E-state index in [1.54, 1.807) is 7.11 Å². The van der Waals surface area contributed by atoms with Gasteiger partial charge in [-0.25, -0.2) is 0 Å². The van der Waals surface area contributed by atoms with Gasteiger partial charge < -0.3 is 4.74 Å². The van der Waals surface area contributed by atoms with E-state index in [2.05, 4.69) is 27.1 Å². The molecule has 0 fully saturated rings. The summed E-state index contributed by atoms with van der Waals surface area (Å²) in [6.07, 6.45) is 2.02. The highest BCUT2D eigenvalue weighted by Crippen LogP contribution is 2.23. The van der Waals surface area contributed by atoms with Crippen LogP contribution in [-0.2, 0) is 18.2 Å². The summed E-state index contributed by atoms with van der Waals surface area (Å²) < 4.78 is 8.14. The maximum atomic E-state index is 5.08. The van der Waals surface area contributed by atoms with Crippen molar-refractivity contribution >= 4 is 26.8 Å². The standard InChI is InChI=1S/C12H15BrN2O/c1-15-12(4-3-7-16-2)10-8-9(13)5-6-11(10)14-15/h5-6,8H,3-4,7H2,1-2H3. The molecule has 16 heavy (non-hydrogen) atoms. The van der Waals surface area contributed by atoms with Gasteiger partial charge in [-0.3, -0.25) is 4.68 Å². The molecule has 1 aromatic heterocycles. The van der Waals surface area contributed by atoms with Crippen LogP contribution in [-0.4, -0.2) is 23.5 Å². The van der Waals surface area contributed by atoms with Crippen molar-refractivity contribution in [2.45, 2.75) is 12.8 Å². The van der Waals surface area contributed by atoms with Gasteiger partial charge in [0.15, 0.2) is 0 Å². The van der Waals surface area contributed by atoms with Crippen LogP contribution in [0.15, 0.2) is 22.7 Å². The Labute approximate surface area is 104 Å². The fourth-order valence-corrected chi connectivity index (χ4v) is 2.26. The summed E-state index contributed by atoms with van der Waals surface area (Å²) in [5, 5.41) is 5.72. The van der Waals surface area contributed by atoms with E-state index >= 15 is 0 Å². The maximum absolute atomic E-state index is 5.08. The summed E-state index contributed by atoms with van der Waals surface area (Å²) in [4.78, 5) is 0. The molecule has 86 valence electrons. The first-order valence-electron chi connectivity index (χ1n) is 5.32. The van der Waals surface area contributed by atoms with Crippen LogP contribution in [0, 0.1) is 0 Å². The molecule has 2 aromatic rings. The van der Waals surface area contributed by atoms with Crippen LogP contribution in [0.1, 0.15) is 12.1 Å². The molecule has 0 amide bonds. The molecule has 2 rings (SSSR count). The zero-order valence-electron chi connectivity index (χ0n) is 9.53. The van der Waals surface area contributed by atoms with Crippen molar-refractivity contribution in [1.29, 1.82) is 0 Å². The third kappa shape index (κ3) is 2.28. The van der Waals surface area contributed by atoms with Crippen LogP contribution in [0.2, 0.25) is 0 Å². The molecule has 0 spiro atoms. The second-order valence-electron chi connectivity index (χ2n) is 3.83. The van der Waals surface area contributed by atoms with E-state index in [4.69, 9.17) is 4.74 Å². The fraction of sp³-hybridized carbons (Fsp3) is 0.417. The van der Waals surface area contributed by atoms with Gasteiger partial charge in [0.2, 0.25) is 0 Å².